The van der Waals surface area contributed by atoms with Crippen molar-refractivity contribution in [1.82, 2.24) is 0 Å². The SMILES string of the molecule is COc1ccc(C=C2N=C(c3ccccc3)N(c3cc(S(=O)(=O)O)ccc3C(=O)O)C2=O)cc1. The van der Waals surface area contributed by atoms with E-state index in [4.69, 9.17) is 4.74 Å². The van der Waals surface area contributed by atoms with Gasteiger partial charge in [0.25, 0.3) is 16.0 Å². The molecule has 1 aliphatic heterocycles. The Hall–Kier alpha value is -4.28. The molecular formula is C24H18N2O7S. The van der Waals surface area contributed by atoms with E-state index in [0.717, 1.165) is 23.1 Å². The van der Waals surface area contributed by atoms with Crippen LogP contribution in [0.4, 0.5) is 5.69 Å². The van der Waals surface area contributed by atoms with Crippen molar-refractivity contribution in [3.8, 4) is 5.75 Å². The molecule has 3 aromatic rings. The Morgan fingerprint density at radius 1 is 1.03 bits per heavy atom. The highest BCUT2D eigenvalue weighted by Gasteiger charge is 2.35. The van der Waals surface area contributed by atoms with Crippen molar-refractivity contribution >= 4 is 39.6 Å². The van der Waals surface area contributed by atoms with Crippen LogP contribution in [0.25, 0.3) is 6.08 Å². The number of carbonyl (C=O) groups excluding carboxylic acids is 1. The van der Waals surface area contributed by atoms with Gasteiger partial charge in [0.2, 0.25) is 0 Å². The van der Waals surface area contributed by atoms with Gasteiger partial charge < -0.3 is 9.84 Å². The van der Waals surface area contributed by atoms with E-state index in [2.05, 4.69) is 4.99 Å². The summed E-state index contributed by atoms with van der Waals surface area (Å²) in [5.74, 6) is -1.31. The van der Waals surface area contributed by atoms with Crippen LogP contribution < -0.4 is 9.64 Å². The molecule has 0 fully saturated rings. The third-order valence-corrected chi connectivity index (χ3v) is 5.90. The largest absolute Gasteiger partial charge is 0.497 e. The minimum Gasteiger partial charge on any atom is -0.497 e. The van der Waals surface area contributed by atoms with Crippen molar-refractivity contribution in [2.24, 2.45) is 4.99 Å². The molecule has 0 bridgehead atoms. The van der Waals surface area contributed by atoms with E-state index in [1.807, 2.05) is 0 Å². The van der Waals surface area contributed by atoms with Crippen molar-refractivity contribution < 1.29 is 32.4 Å². The van der Waals surface area contributed by atoms with Gasteiger partial charge in [-0.2, -0.15) is 8.42 Å². The van der Waals surface area contributed by atoms with Crippen molar-refractivity contribution in [3.05, 3.63) is 95.2 Å². The van der Waals surface area contributed by atoms with Gasteiger partial charge in [0, 0.05) is 5.56 Å². The lowest BCUT2D eigenvalue weighted by molar-refractivity contribution is -0.113. The molecule has 172 valence electrons. The molecule has 0 radical (unpaired) electrons. The lowest BCUT2D eigenvalue weighted by Gasteiger charge is -2.21. The van der Waals surface area contributed by atoms with Gasteiger partial charge in [-0.15, -0.1) is 0 Å². The summed E-state index contributed by atoms with van der Waals surface area (Å²) in [6, 6.07) is 18.3. The molecule has 9 nitrogen and oxygen atoms in total. The van der Waals surface area contributed by atoms with Crippen molar-refractivity contribution in [3.63, 3.8) is 0 Å². The lowest BCUT2D eigenvalue weighted by Crippen LogP contribution is -2.34. The van der Waals surface area contributed by atoms with E-state index in [1.54, 1.807) is 54.6 Å². The first-order chi connectivity index (χ1) is 16.2. The Morgan fingerprint density at radius 2 is 1.71 bits per heavy atom. The Bertz CT molecular complexity index is 1440. The van der Waals surface area contributed by atoms with Gasteiger partial charge in [-0.3, -0.25) is 14.2 Å². The summed E-state index contributed by atoms with van der Waals surface area (Å²) in [5.41, 5.74) is 0.580. The molecule has 0 saturated heterocycles. The predicted molar refractivity (Wildman–Crippen MR) is 125 cm³/mol. The number of amides is 1. The number of methoxy groups -OCH3 is 1. The van der Waals surface area contributed by atoms with Gasteiger partial charge in [-0.05, 0) is 42.0 Å². The average molecular weight is 478 g/mol. The van der Waals surface area contributed by atoms with Crippen LogP contribution in [0.15, 0.2) is 88.4 Å². The zero-order chi connectivity index (χ0) is 24.5. The van der Waals surface area contributed by atoms with Gasteiger partial charge >= 0.3 is 5.97 Å². The fraction of sp³-hybridized carbons (Fsp3) is 0.0417. The van der Waals surface area contributed by atoms with Gasteiger partial charge in [-0.25, -0.2) is 9.79 Å². The van der Waals surface area contributed by atoms with Crippen LogP contribution >= 0.6 is 0 Å². The number of aliphatic imine (C=N–C) groups is 1. The highest BCUT2D eigenvalue weighted by molar-refractivity contribution is 7.85. The quantitative estimate of drug-likeness (QED) is 0.409. The Balaban J connectivity index is 1.91. The zero-order valence-corrected chi connectivity index (χ0v) is 18.6. The number of aromatic carboxylic acids is 1. The first-order valence-corrected chi connectivity index (χ1v) is 11.3. The normalized spacial score (nSPS) is 14.9. The predicted octanol–water partition coefficient (Wildman–Crippen LogP) is 3.47. The first kappa shape index (κ1) is 22.9. The summed E-state index contributed by atoms with van der Waals surface area (Å²) >= 11 is 0. The molecule has 10 heteroatoms. The van der Waals surface area contributed by atoms with E-state index >= 15 is 0 Å². The second kappa shape index (κ2) is 8.93. The van der Waals surface area contributed by atoms with Gasteiger partial charge in [0.05, 0.1) is 23.3 Å². The van der Waals surface area contributed by atoms with E-state index in [-0.39, 0.29) is 22.8 Å². The molecule has 1 aliphatic rings. The summed E-state index contributed by atoms with van der Waals surface area (Å²) in [5, 5.41) is 9.70. The molecule has 3 aromatic carbocycles. The molecule has 0 aromatic heterocycles. The summed E-state index contributed by atoms with van der Waals surface area (Å²) in [7, 11) is -3.13. The molecule has 0 aliphatic carbocycles. The second-order valence-corrected chi connectivity index (χ2v) is 8.63. The molecule has 0 unspecified atom stereocenters. The van der Waals surface area contributed by atoms with Gasteiger partial charge in [0.15, 0.2) is 0 Å². The maximum Gasteiger partial charge on any atom is 0.337 e. The number of amidine groups is 1. The van der Waals surface area contributed by atoms with Crippen molar-refractivity contribution in [2.75, 3.05) is 12.0 Å². The maximum atomic E-state index is 13.5. The summed E-state index contributed by atoms with van der Waals surface area (Å²) < 4.78 is 38.1. The number of ether oxygens (including phenoxy) is 1. The van der Waals surface area contributed by atoms with Crippen LogP contribution in [0.3, 0.4) is 0 Å². The van der Waals surface area contributed by atoms with Crippen LogP contribution in [0.5, 0.6) is 5.75 Å². The third kappa shape index (κ3) is 4.45. The number of benzene rings is 3. The number of carboxylic acids is 1. The van der Waals surface area contributed by atoms with Crippen LogP contribution in [-0.2, 0) is 14.9 Å². The van der Waals surface area contributed by atoms with E-state index < -0.39 is 26.9 Å². The van der Waals surface area contributed by atoms with E-state index in [9.17, 15) is 27.7 Å². The lowest BCUT2D eigenvalue weighted by atomic mass is 10.1. The second-order valence-electron chi connectivity index (χ2n) is 7.20. The zero-order valence-electron chi connectivity index (χ0n) is 17.7. The van der Waals surface area contributed by atoms with E-state index in [1.165, 1.54) is 13.2 Å². The minimum atomic E-state index is -4.66. The molecule has 2 N–H and O–H groups in total. The number of rotatable bonds is 6. The summed E-state index contributed by atoms with van der Waals surface area (Å²) in [6.07, 6.45) is 1.53. The Kier molecular flexibility index (Phi) is 6.01. The number of hydrogen-bond acceptors (Lipinski definition) is 6. The fourth-order valence-electron chi connectivity index (χ4n) is 3.42. The average Bonchev–Trinajstić information content (AvgIpc) is 3.14. The van der Waals surface area contributed by atoms with Crippen LogP contribution in [0.2, 0.25) is 0 Å². The topological polar surface area (TPSA) is 134 Å². The van der Waals surface area contributed by atoms with Crippen molar-refractivity contribution in [1.29, 1.82) is 0 Å². The van der Waals surface area contributed by atoms with Gasteiger partial charge in [-0.1, -0.05) is 42.5 Å². The highest BCUT2D eigenvalue weighted by Crippen LogP contribution is 2.32. The van der Waals surface area contributed by atoms with Gasteiger partial charge in [0.1, 0.15) is 17.3 Å². The highest BCUT2D eigenvalue weighted by atomic mass is 32.2. The molecule has 0 spiro atoms. The molecule has 1 heterocycles. The molecule has 34 heavy (non-hydrogen) atoms. The Labute approximate surface area is 195 Å². The fourth-order valence-corrected chi connectivity index (χ4v) is 3.92. The monoisotopic (exact) mass is 478 g/mol. The van der Waals surface area contributed by atoms with Crippen LogP contribution in [0, 0.1) is 0 Å². The smallest absolute Gasteiger partial charge is 0.337 e. The number of carboxylic acid groups (broad SMARTS) is 1. The number of anilines is 1. The number of carbonyl (C=O) groups is 2. The molecule has 0 saturated carbocycles. The number of nitrogens with zero attached hydrogens (tertiary/aromatic N) is 2. The third-order valence-electron chi connectivity index (χ3n) is 5.05. The van der Waals surface area contributed by atoms with Crippen LogP contribution in [-0.4, -0.2) is 42.9 Å². The summed E-state index contributed by atoms with van der Waals surface area (Å²) in [4.78, 5) is 30.3. The first-order valence-electron chi connectivity index (χ1n) is 9.88. The molecule has 4 rings (SSSR count). The molecule has 0 atom stereocenters. The number of hydrogen-bond donors (Lipinski definition) is 2. The van der Waals surface area contributed by atoms with Crippen LogP contribution in [0.1, 0.15) is 21.5 Å². The van der Waals surface area contributed by atoms with Crippen molar-refractivity contribution in [2.45, 2.75) is 4.90 Å². The standard InChI is InChI=1S/C24H18N2O7S/c1-33-17-9-7-15(8-10-17)13-20-23(27)26(22(25-20)16-5-3-2-4-6-16)21-14-18(34(30,31)32)11-12-19(21)24(28)29/h2-14H,1H3,(H,28,29)(H,30,31,32). The summed E-state index contributed by atoms with van der Waals surface area (Å²) in [6.45, 7) is 0. The molecule has 1 amide bonds. The van der Waals surface area contributed by atoms with E-state index in [0.29, 0.717) is 16.9 Å². The molecular weight excluding hydrogens is 460 g/mol. The minimum absolute atomic E-state index is 0.0117. The Morgan fingerprint density at radius 3 is 2.29 bits per heavy atom. The maximum absolute atomic E-state index is 13.5.